The van der Waals surface area contributed by atoms with Crippen LogP contribution in [0.5, 0.6) is 5.75 Å². The van der Waals surface area contributed by atoms with Gasteiger partial charge in [0.05, 0.1) is 7.11 Å². The molecule has 0 saturated carbocycles. The van der Waals surface area contributed by atoms with Crippen LogP contribution in [0.1, 0.15) is 17.5 Å². The molecule has 0 spiro atoms. The Hall–Kier alpha value is -2.49. The van der Waals surface area contributed by atoms with Gasteiger partial charge in [-0.15, -0.1) is 0 Å². The molecule has 4 heteroatoms. The van der Waals surface area contributed by atoms with E-state index in [0.29, 0.717) is 12.8 Å². The number of anilines is 2. The largest absolute Gasteiger partial charge is 0.497 e. The number of ether oxygens (including phenoxy) is 1. The Kier molecular flexibility index (Phi) is 4.82. The quantitative estimate of drug-likeness (QED) is 0.829. The summed E-state index contributed by atoms with van der Waals surface area (Å²) in [6.07, 6.45) is 1.10. The third kappa shape index (κ3) is 4.24. The minimum Gasteiger partial charge on any atom is -0.497 e. The topological polar surface area (TPSA) is 64.3 Å². The summed E-state index contributed by atoms with van der Waals surface area (Å²) < 4.78 is 5.15. The number of nitrogen functional groups attached to an aromatic ring is 1. The summed E-state index contributed by atoms with van der Waals surface area (Å²) in [5.41, 5.74) is 9.30. The summed E-state index contributed by atoms with van der Waals surface area (Å²) in [4.78, 5) is 12.0. The molecule has 0 aliphatic carbocycles. The molecule has 2 aromatic carbocycles. The number of aryl methyl sites for hydroxylation is 2. The van der Waals surface area contributed by atoms with Gasteiger partial charge in [0.2, 0.25) is 5.91 Å². The second-order valence-electron chi connectivity index (χ2n) is 4.97. The molecule has 1 amide bonds. The van der Waals surface area contributed by atoms with Crippen LogP contribution in [0.15, 0.2) is 42.5 Å². The maximum absolute atomic E-state index is 12.0. The van der Waals surface area contributed by atoms with E-state index in [2.05, 4.69) is 5.32 Å². The maximum Gasteiger partial charge on any atom is 0.224 e. The van der Waals surface area contributed by atoms with Gasteiger partial charge in [0.15, 0.2) is 0 Å². The lowest BCUT2D eigenvalue weighted by molar-refractivity contribution is -0.116. The predicted molar refractivity (Wildman–Crippen MR) is 85.5 cm³/mol. The van der Waals surface area contributed by atoms with Gasteiger partial charge in [-0.2, -0.15) is 0 Å². The molecule has 0 aliphatic rings. The molecule has 0 unspecified atom stereocenters. The fourth-order valence-electron chi connectivity index (χ4n) is 2.12. The first-order valence-corrected chi connectivity index (χ1v) is 6.87. The second-order valence-corrected chi connectivity index (χ2v) is 4.97. The van der Waals surface area contributed by atoms with Crippen molar-refractivity contribution in [3.63, 3.8) is 0 Å². The SMILES string of the molecule is COc1ccc(NC(=O)CCc2cccc(N)c2)c(C)c1. The molecule has 0 atom stereocenters. The van der Waals surface area contributed by atoms with Crippen molar-refractivity contribution in [2.24, 2.45) is 0 Å². The molecule has 0 radical (unpaired) electrons. The second kappa shape index (κ2) is 6.79. The Bertz CT molecular complexity index is 638. The van der Waals surface area contributed by atoms with Crippen molar-refractivity contribution >= 4 is 17.3 Å². The van der Waals surface area contributed by atoms with Crippen LogP contribution in [0.3, 0.4) is 0 Å². The third-order valence-corrected chi connectivity index (χ3v) is 3.30. The summed E-state index contributed by atoms with van der Waals surface area (Å²) in [6.45, 7) is 1.94. The van der Waals surface area contributed by atoms with E-state index in [4.69, 9.17) is 10.5 Å². The molecular formula is C17H20N2O2. The molecule has 2 aromatic rings. The van der Waals surface area contributed by atoms with Crippen LogP contribution in [0.25, 0.3) is 0 Å². The van der Waals surface area contributed by atoms with Crippen LogP contribution >= 0.6 is 0 Å². The van der Waals surface area contributed by atoms with Gasteiger partial charge in [0.1, 0.15) is 5.75 Å². The number of hydrogen-bond donors (Lipinski definition) is 2. The van der Waals surface area contributed by atoms with Crippen molar-refractivity contribution in [2.45, 2.75) is 19.8 Å². The van der Waals surface area contributed by atoms with Gasteiger partial charge in [0.25, 0.3) is 0 Å². The van der Waals surface area contributed by atoms with Crippen molar-refractivity contribution < 1.29 is 9.53 Å². The van der Waals surface area contributed by atoms with E-state index in [1.165, 1.54) is 0 Å². The number of hydrogen-bond acceptors (Lipinski definition) is 3. The molecular weight excluding hydrogens is 264 g/mol. The number of rotatable bonds is 5. The van der Waals surface area contributed by atoms with Crippen LogP contribution in [-0.2, 0) is 11.2 Å². The molecule has 0 aliphatic heterocycles. The number of methoxy groups -OCH3 is 1. The van der Waals surface area contributed by atoms with Gasteiger partial charge in [-0.1, -0.05) is 12.1 Å². The summed E-state index contributed by atoms with van der Waals surface area (Å²) in [7, 11) is 1.62. The molecule has 0 heterocycles. The molecule has 110 valence electrons. The summed E-state index contributed by atoms with van der Waals surface area (Å²) in [5, 5.41) is 2.92. The highest BCUT2D eigenvalue weighted by molar-refractivity contribution is 5.91. The average Bonchev–Trinajstić information content (AvgIpc) is 2.47. The standard InChI is InChI=1S/C17H20N2O2/c1-12-10-15(21-2)7-8-16(12)19-17(20)9-6-13-4-3-5-14(18)11-13/h3-5,7-8,10-11H,6,9,18H2,1-2H3,(H,19,20). The van der Waals surface area contributed by atoms with Crippen molar-refractivity contribution in [1.29, 1.82) is 0 Å². The molecule has 0 aromatic heterocycles. The smallest absolute Gasteiger partial charge is 0.224 e. The zero-order valence-electron chi connectivity index (χ0n) is 12.3. The lowest BCUT2D eigenvalue weighted by Gasteiger charge is -2.10. The molecule has 2 rings (SSSR count). The Morgan fingerprint density at radius 1 is 1.24 bits per heavy atom. The summed E-state index contributed by atoms with van der Waals surface area (Å²) in [6, 6.07) is 13.2. The minimum absolute atomic E-state index is 0.00862. The van der Waals surface area contributed by atoms with Crippen molar-refractivity contribution in [3.05, 3.63) is 53.6 Å². The highest BCUT2D eigenvalue weighted by Gasteiger charge is 2.06. The van der Waals surface area contributed by atoms with Crippen LogP contribution in [-0.4, -0.2) is 13.0 Å². The number of nitrogens with one attached hydrogen (secondary N) is 1. The average molecular weight is 284 g/mol. The first-order valence-electron chi connectivity index (χ1n) is 6.87. The number of carbonyl (C=O) groups is 1. The number of carbonyl (C=O) groups excluding carboxylic acids is 1. The Morgan fingerprint density at radius 2 is 2.05 bits per heavy atom. The number of amides is 1. The van der Waals surface area contributed by atoms with Crippen molar-refractivity contribution in [2.75, 3.05) is 18.2 Å². The lowest BCUT2D eigenvalue weighted by atomic mass is 10.1. The van der Waals surface area contributed by atoms with E-state index >= 15 is 0 Å². The normalized spacial score (nSPS) is 10.2. The maximum atomic E-state index is 12.0. The fourth-order valence-corrected chi connectivity index (χ4v) is 2.12. The molecule has 0 fully saturated rings. The van der Waals surface area contributed by atoms with Gasteiger partial charge in [-0.25, -0.2) is 0 Å². The van der Waals surface area contributed by atoms with Gasteiger partial charge >= 0.3 is 0 Å². The minimum atomic E-state index is -0.00862. The van der Waals surface area contributed by atoms with E-state index in [9.17, 15) is 4.79 Å². The molecule has 0 bridgehead atoms. The molecule has 4 nitrogen and oxygen atoms in total. The summed E-state index contributed by atoms with van der Waals surface area (Å²) in [5.74, 6) is 0.774. The Balaban J connectivity index is 1.93. The van der Waals surface area contributed by atoms with Crippen LogP contribution < -0.4 is 15.8 Å². The van der Waals surface area contributed by atoms with Gasteiger partial charge in [0, 0.05) is 17.8 Å². The number of nitrogens with two attached hydrogens (primary N) is 1. The summed E-state index contributed by atoms with van der Waals surface area (Å²) >= 11 is 0. The third-order valence-electron chi connectivity index (χ3n) is 3.30. The van der Waals surface area contributed by atoms with Crippen molar-refractivity contribution in [1.82, 2.24) is 0 Å². The van der Waals surface area contributed by atoms with E-state index in [1.54, 1.807) is 7.11 Å². The zero-order chi connectivity index (χ0) is 15.2. The monoisotopic (exact) mass is 284 g/mol. The van der Waals surface area contributed by atoms with E-state index < -0.39 is 0 Å². The van der Waals surface area contributed by atoms with Crippen LogP contribution in [0.4, 0.5) is 11.4 Å². The van der Waals surface area contributed by atoms with Crippen LogP contribution in [0.2, 0.25) is 0 Å². The zero-order valence-corrected chi connectivity index (χ0v) is 12.3. The first kappa shape index (κ1) is 14.9. The van der Waals surface area contributed by atoms with E-state index in [1.807, 2.05) is 49.4 Å². The van der Waals surface area contributed by atoms with E-state index in [-0.39, 0.29) is 5.91 Å². The van der Waals surface area contributed by atoms with Gasteiger partial charge < -0.3 is 15.8 Å². The Labute approximate surface area is 124 Å². The highest BCUT2D eigenvalue weighted by atomic mass is 16.5. The Morgan fingerprint density at radius 3 is 2.71 bits per heavy atom. The van der Waals surface area contributed by atoms with E-state index in [0.717, 1.165) is 28.3 Å². The van der Waals surface area contributed by atoms with Gasteiger partial charge in [-0.3, -0.25) is 4.79 Å². The first-order chi connectivity index (χ1) is 10.1. The van der Waals surface area contributed by atoms with Crippen LogP contribution in [0, 0.1) is 6.92 Å². The molecule has 21 heavy (non-hydrogen) atoms. The predicted octanol–water partition coefficient (Wildman–Crippen LogP) is 3.16. The molecule has 3 N–H and O–H groups in total. The number of benzene rings is 2. The fraction of sp³-hybridized carbons (Fsp3) is 0.235. The molecule has 0 saturated heterocycles. The van der Waals surface area contributed by atoms with Gasteiger partial charge in [-0.05, 0) is 54.8 Å². The highest BCUT2D eigenvalue weighted by Crippen LogP contribution is 2.21. The lowest BCUT2D eigenvalue weighted by Crippen LogP contribution is -2.13. The van der Waals surface area contributed by atoms with Crippen molar-refractivity contribution in [3.8, 4) is 5.75 Å².